The van der Waals surface area contributed by atoms with Crippen molar-refractivity contribution in [3.05, 3.63) is 36.5 Å². The van der Waals surface area contributed by atoms with Gasteiger partial charge in [-0.2, -0.15) is 0 Å². The quantitative estimate of drug-likeness (QED) is 0.191. The fraction of sp³-hybridized carbons (Fsp3) is 0.684. The van der Waals surface area contributed by atoms with Crippen LogP contribution in [0.3, 0.4) is 0 Å². The number of rotatable bonds is 13. The zero-order valence-electron chi connectivity index (χ0n) is 13.2. The molecule has 0 aliphatic heterocycles. The first-order valence-corrected chi connectivity index (χ1v) is 8.38. The van der Waals surface area contributed by atoms with Gasteiger partial charge in [-0.3, -0.25) is 0 Å². The zero-order valence-corrected chi connectivity index (χ0v) is 13.2. The summed E-state index contributed by atoms with van der Waals surface area (Å²) in [5.41, 5.74) is 0. The predicted octanol–water partition coefficient (Wildman–Crippen LogP) is 6.99. The molecule has 0 heterocycles. The smallest absolute Gasteiger partial charge is 0.0166 e. The molecule has 0 bridgehead atoms. The Hall–Kier alpha value is -0.780. The summed E-state index contributed by atoms with van der Waals surface area (Å²) in [6, 6.07) is 0. The van der Waals surface area contributed by atoms with Crippen molar-refractivity contribution in [1.82, 2.24) is 0 Å². The van der Waals surface area contributed by atoms with Crippen LogP contribution in [0.4, 0.5) is 0 Å². The average Bonchev–Trinajstić information content (AvgIpc) is 2.43. The van der Waals surface area contributed by atoms with Gasteiger partial charge in [-0.15, -0.1) is 0 Å². The van der Waals surface area contributed by atoms with E-state index in [1.54, 1.807) is 0 Å². The van der Waals surface area contributed by atoms with E-state index in [-0.39, 0.29) is 0 Å². The van der Waals surface area contributed by atoms with Crippen molar-refractivity contribution in [1.29, 1.82) is 0 Å². The lowest BCUT2D eigenvalue weighted by atomic mass is 10.1. The minimum absolute atomic E-state index is 1.08. The molecule has 0 rings (SSSR count). The van der Waals surface area contributed by atoms with Gasteiger partial charge in [0.25, 0.3) is 0 Å². The molecule has 0 aliphatic rings. The molecule has 0 unspecified atom stereocenters. The van der Waals surface area contributed by atoms with Crippen molar-refractivity contribution in [3.63, 3.8) is 0 Å². The first kappa shape index (κ1) is 18.2. The summed E-state index contributed by atoms with van der Waals surface area (Å²) in [4.78, 5) is 0. The summed E-state index contributed by atoms with van der Waals surface area (Å²) < 4.78 is 0. The SMILES string of the molecule is CCCCC/C=C\C/C=C\C=C\CCCCCCC. The Bertz CT molecular complexity index is 232. The van der Waals surface area contributed by atoms with Gasteiger partial charge in [0.2, 0.25) is 0 Å². The van der Waals surface area contributed by atoms with Crippen LogP contribution >= 0.6 is 0 Å². The molecule has 0 N–H and O–H groups in total. The van der Waals surface area contributed by atoms with Crippen LogP contribution in [-0.2, 0) is 0 Å². The van der Waals surface area contributed by atoms with Crippen LogP contribution in [-0.4, -0.2) is 0 Å². The van der Waals surface area contributed by atoms with Gasteiger partial charge in [0.15, 0.2) is 0 Å². The Morgan fingerprint density at radius 2 is 1.11 bits per heavy atom. The Kier molecular flexibility index (Phi) is 16.5. The van der Waals surface area contributed by atoms with Gasteiger partial charge in [-0.1, -0.05) is 88.8 Å². The summed E-state index contributed by atoms with van der Waals surface area (Å²) in [5.74, 6) is 0. The van der Waals surface area contributed by atoms with E-state index >= 15 is 0 Å². The van der Waals surface area contributed by atoms with Crippen LogP contribution in [0.2, 0.25) is 0 Å². The lowest BCUT2D eigenvalue weighted by molar-refractivity contribution is 0.637. The maximum atomic E-state index is 2.32. The van der Waals surface area contributed by atoms with Crippen molar-refractivity contribution >= 4 is 0 Å². The normalized spacial score (nSPS) is 12.3. The highest BCUT2D eigenvalue weighted by Crippen LogP contribution is 2.05. The monoisotopic (exact) mass is 262 g/mol. The lowest BCUT2D eigenvalue weighted by Crippen LogP contribution is -1.75. The van der Waals surface area contributed by atoms with Crippen LogP contribution in [0.25, 0.3) is 0 Å². The summed E-state index contributed by atoms with van der Waals surface area (Å²) in [6.07, 6.45) is 28.0. The predicted molar refractivity (Wildman–Crippen MR) is 89.6 cm³/mol. The van der Waals surface area contributed by atoms with Crippen LogP contribution < -0.4 is 0 Å². The molecule has 0 heteroatoms. The Morgan fingerprint density at radius 1 is 0.526 bits per heavy atom. The fourth-order valence-corrected chi connectivity index (χ4v) is 2.00. The highest BCUT2D eigenvalue weighted by molar-refractivity contribution is 5.04. The van der Waals surface area contributed by atoms with Gasteiger partial charge >= 0.3 is 0 Å². The molecule has 0 nitrogen and oxygen atoms in total. The average molecular weight is 262 g/mol. The molecule has 0 aliphatic carbocycles. The Labute approximate surface area is 121 Å². The highest BCUT2D eigenvalue weighted by Gasteiger charge is 1.85. The van der Waals surface area contributed by atoms with Crippen molar-refractivity contribution in [2.24, 2.45) is 0 Å². The van der Waals surface area contributed by atoms with Gasteiger partial charge in [-0.25, -0.2) is 0 Å². The molecule has 0 radical (unpaired) electrons. The first-order valence-electron chi connectivity index (χ1n) is 8.38. The van der Waals surface area contributed by atoms with E-state index in [0.717, 1.165) is 6.42 Å². The standard InChI is InChI=1S/C19H34/c1-3-5-7-9-11-13-15-17-19-18-16-14-12-10-8-6-4-2/h11,13,16-19H,3-10,12,14-15H2,1-2H3/b13-11-,18-16+,19-17-. The second-order valence-electron chi connectivity index (χ2n) is 5.26. The summed E-state index contributed by atoms with van der Waals surface area (Å²) >= 11 is 0. The first-order chi connectivity index (χ1) is 9.41. The van der Waals surface area contributed by atoms with E-state index < -0.39 is 0 Å². The third-order valence-corrected chi connectivity index (χ3v) is 3.27. The molecule has 19 heavy (non-hydrogen) atoms. The maximum Gasteiger partial charge on any atom is -0.0166 e. The van der Waals surface area contributed by atoms with Crippen molar-refractivity contribution in [2.75, 3.05) is 0 Å². The third kappa shape index (κ3) is 17.2. The van der Waals surface area contributed by atoms with E-state index in [2.05, 4.69) is 50.3 Å². The summed E-state index contributed by atoms with van der Waals surface area (Å²) in [5, 5.41) is 0. The van der Waals surface area contributed by atoms with E-state index in [1.165, 1.54) is 64.2 Å². The minimum Gasteiger partial charge on any atom is -0.0882 e. The fourth-order valence-electron chi connectivity index (χ4n) is 2.00. The lowest BCUT2D eigenvalue weighted by Gasteiger charge is -1.95. The zero-order chi connectivity index (χ0) is 14.0. The van der Waals surface area contributed by atoms with Gasteiger partial charge in [0, 0.05) is 0 Å². The molecule has 0 saturated carbocycles. The second kappa shape index (κ2) is 17.2. The molecule has 0 aromatic rings. The van der Waals surface area contributed by atoms with Gasteiger partial charge in [0.1, 0.15) is 0 Å². The molecular weight excluding hydrogens is 228 g/mol. The number of allylic oxidation sites excluding steroid dienone is 6. The van der Waals surface area contributed by atoms with E-state index in [9.17, 15) is 0 Å². The molecule has 110 valence electrons. The largest absolute Gasteiger partial charge is 0.0882 e. The molecule has 0 fully saturated rings. The molecule has 0 spiro atoms. The maximum absolute atomic E-state index is 2.32. The molecule has 0 atom stereocenters. The molecule has 0 amide bonds. The molecule has 0 aromatic heterocycles. The van der Waals surface area contributed by atoms with Gasteiger partial charge < -0.3 is 0 Å². The summed E-state index contributed by atoms with van der Waals surface area (Å²) in [6.45, 7) is 4.52. The minimum atomic E-state index is 1.08. The van der Waals surface area contributed by atoms with Crippen molar-refractivity contribution in [2.45, 2.75) is 84.5 Å². The second-order valence-corrected chi connectivity index (χ2v) is 5.26. The van der Waals surface area contributed by atoms with Gasteiger partial charge in [0.05, 0.1) is 0 Å². The van der Waals surface area contributed by atoms with Crippen molar-refractivity contribution in [3.8, 4) is 0 Å². The van der Waals surface area contributed by atoms with Crippen LogP contribution in [0, 0.1) is 0 Å². The number of unbranched alkanes of at least 4 members (excludes halogenated alkanes) is 8. The molecular formula is C19H34. The van der Waals surface area contributed by atoms with Crippen LogP contribution in [0.15, 0.2) is 36.5 Å². The number of hydrogen-bond acceptors (Lipinski definition) is 0. The summed E-state index contributed by atoms with van der Waals surface area (Å²) in [7, 11) is 0. The van der Waals surface area contributed by atoms with Crippen LogP contribution in [0.5, 0.6) is 0 Å². The Morgan fingerprint density at radius 3 is 1.89 bits per heavy atom. The highest BCUT2D eigenvalue weighted by atomic mass is 13.9. The van der Waals surface area contributed by atoms with Crippen LogP contribution in [0.1, 0.15) is 84.5 Å². The van der Waals surface area contributed by atoms with Gasteiger partial charge in [-0.05, 0) is 32.1 Å². The van der Waals surface area contributed by atoms with E-state index in [1.807, 2.05) is 0 Å². The van der Waals surface area contributed by atoms with Crippen molar-refractivity contribution < 1.29 is 0 Å². The van der Waals surface area contributed by atoms with E-state index in [0.29, 0.717) is 0 Å². The third-order valence-electron chi connectivity index (χ3n) is 3.27. The van der Waals surface area contributed by atoms with E-state index in [4.69, 9.17) is 0 Å². The molecule has 0 aromatic carbocycles. The topological polar surface area (TPSA) is 0 Å². The molecule has 0 saturated heterocycles. The number of hydrogen-bond donors (Lipinski definition) is 0. The Balaban J connectivity index is 3.27.